The zero-order valence-corrected chi connectivity index (χ0v) is 16.4. The molecular formula is C21H30O2Si. The van der Waals surface area contributed by atoms with Crippen molar-refractivity contribution in [2.75, 3.05) is 0 Å². The maximum Gasteiger partial charge on any atom is 0.187 e. The molecule has 3 heteroatoms. The highest BCUT2D eigenvalue weighted by atomic mass is 28.4. The van der Waals surface area contributed by atoms with E-state index in [1.165, 1.54) is 11.1 Å². The summed E-state index contributed by atoms with van der Waals surface area (Å²) in [5, 5.41) is 0. The zero-order chi connectivity index (χ0) is 17.4. The van der Waals surface area contributed by atoms with Gasteiger partial charge in [-0.2, -0.15) is 0 Å². The molecule has 130 valence electrons. The maximum atomic E-state index is 6.40. The molecule has 0 saturated heterocycles. The fraction of sp³-hybridized carbons (Fsp3) is 0.429. The lowest BCUT2D eigenvalue weighted by Crippen LogP contribution is -2.34. The van der Waals surface area contributed by atoms with E-state index in [-0.39, 0.29) is 12.4 Å². The van der Waals surface area contributed by atoms with E-state index < -0.39 is 8.32 Å². The number of ether oxygens (including phenoxy) is 1. The third-order valence-corrected chi connectivity index (χ3v) is 4.82. The first-order valence-electron chi connectivity index (χ1n) is 8.90. The molecule has 2 nitrogen and oxygen atoms in total. The molecule has 2 atom stereocenters. The molecule has 0 amide bonds. The van der Waals surface area contributed by atoms with Gasteiger partial charge in [-0.05, 0) is 43.6 Å². The number of hydrogen-bond acceptors (Lipinski definition) is 2. The van der Waals surface area contributed by atoms with Gasteiger partial charge in [0.25, 0.3) is 0 Å². The van der Waals surface area contributed by atoms with Gasteiger partial charge in [-0.1, -0.05) is 67.6 Å². The number of aryl methyl sites for hydroxylation is 1. The Bertz CT molecular complexity index is 578. The van der Waals surface area contributed by atoms with E-state index in [9.17, 15) is 0 Å². The minimum atomic E-state index is -1.66. The molecule has 24 heavy (non-hydrogen) atoms. The standard InChI is InChI=1S/C21H30O2Si/c1-5-20(19-14-10-7-11-15-19)22-21(23-24(2,3)4)17-16-18-12-8-6-9-13-18/h6-15,20-21H,5,16-17H2,1-4H3/t20-,21?/m1/s1. The molecule has 2 aromatic rings. The minimum Gasteiger partial charge on any atom is -0.393 e. The van der Waals surface area contributed by atoms with Crippen LogP contribution in [0.5, 0.6) is 0 Å². The summed E-state index contributed by atoms with van der Waals surface area (Å²) in [7, 11) is -1.66. The SMILES string of the molecule is CC[C@@H](OC(CCc1ccccc1)O[Si](C)(C)C)c1ccccc1. The van der Waals surface area contributed by atoms with Crippen LogP contribution in [0.2, 0.25) is 19.6 Å². The first kappa shape index (κ1) is 18.9. The van der Waals surface area contributed by atoms with Crippen molar-refractivity contribution in [3.8, 4) is 0 Å². The lowest BCUT2D eigenvalue weighted by molar-refractivity contribution is -0.130. The normalized spacial score (nSPS) is 14.3. The summed E-state index contributed by atoms with van der Waals surface area (Å²) in [6, 6.07) is 21.0. The van der Waals surface area contributed by atoms with E-state index in [0.717, 1.165) is 19.3 Å². The van der Waals surface area contributed by atoms with Crippen molar-refractivity contribution in [3.63, 3.8) is 0 Å². The van der Waals surface area contributed by atoms with Crippen LogP contribution >= 0.6 is 0 Å². The van der Waals surface area contributed by atoms with Gasteiger partial charge >= 0.3 is 0 Å². The summed E-state index contributed by atoms with van der Waals surface area (Å²) in [4.78, 5) is 0. The Morgan fingerprint density at radius 1 is 0.875 bits per heavy atom. The zero-order valence-electron chi connectivity index (χ0n) is 15.4. The first-order chi connectivity index (χ1) is 11.5. The molecule has 0 aliphatic carbocycles. The molecule has 0 heterocycles. The van der Waals surface area contributed by atoms with E-state index in [1.807, 2.05) is 6.07 Å². The van der Waals surface area contributed by atoms with Crippen molar-refractivity contribution in [1.29, 1.82) is 0 Å². The second kappa shape index (κ2) is 9.16. The van der Waals surface area contributed by atoms with Crippen LogP contribution in [-0.2, 0) is 15.6 Å². The fourth-order valence-corrected chi connectivity index (χ4v) is 3.70. The Morgan fingerprint density at radius 3 is 2.00 bits per heavy atom. The predicted molar refractivity (Wildman–Crippen MR) is 104 cm³/mol. The van der Waals surface area contributed by atoms with Gasteiger partial charge in [0.05, 0.1) is 6.10 Å². The highest BCUT2D eigenvalue weighted by Gasteiger charge is 2.24. The van der Waals surface area contributed by atoms with Crippen molar-refractivity contribution < 1.29 is 9.16 Å². The number of rotatable bonds is 9. The lowest BCUT2D eigenvalue weighted by Gasteiger charge is -2.30. The van der Waals surface area contributed by atoms with Crippen LogP contribution in [0.25, 0.3) is 0 Å². The fourth-order valence-electron chi connectivity index (χ4n) is 2.74. The Hall–Kier alpha value is -1.42. The molecule has 0 aliphatic rings. The second-order valence-electron chi connectivity index (χ2n) is 7.13. The highest BCUT2D eigenvalue weighted by Crippen LogP contribution is 2.26. The molecule has 0 aliphatic heterocycles. The van der Waals surface area contributed by atoms with Crippen LogP contribution in [0.1, 0.15) is 37.0 Å². The molecule has 0 radical (unpaired) electrons. The summed E-state index contributed by atoms with van der Waals surface area (Å²) in [6.45, 7) is 8.82. The second-order valence-corrected chi connectivity index (χ2v) is 11.6. The third-order valence-electron chi connectivity index (χ3n) is 3.85. The monoisotopic (exact) mass is 342 g/mol. The summed E-state index contributed by atoms with van der Waals surface area (Å²) in [6.07, 6.45) is 2.74. The Kier molecular flexibility index (Phi) is 7.22. The van der Waals surface area contributed by atoms with E-state index in [1.54, 1.807) is 0 Å². The van der Waals surface area contributed by atoms with Crippen LogP contribution in [0.3, 0.4) is 0 Å². The van der Waals surface area contributed by atoms with E-state index in [2.05, 4.69) is 81.2 Å². The number of benzene rings is 2. The Morgan fingerprint density at radius 2 is 1.46 bits per heavy atom. The van der Waals surface area contributed by atoms with Crippen molar-refractivity contribution in [1.82, 2.24) is 0 Å². The van der Waals surface area contributed by atoms with Crippen molar-refractivity contribution in [2.45, 2.75) is 58.2 Å². The van der Waals surface area contributed by atoms with Gasteiger partial charge in [0.2, 0.25) is 0 Å². The topological polar surface area (TPSA) is 18.5 Å². The Balaban J connectivity index is 2.04. The average molecular weight is 343 g/mol. The quantitative estimate of drug-likeness (QED) is 0.413. The molecule has 0 fully saturated rings. The van der Waals surface area contributed by atoms with Gasteiger partial charge in [0.1, 0.15) is 6.29 Å². The summed E-state index contributed by atoms with van der Waals surface area (Å²) >= 11 is 0. The molecule has 0 aromatic heterocycles. The third kappa shape index (κ3) is 6.60. The molecule has 2 rings (SSSR count). The predicted octanol–water partition coefficient (Wildman–Crippen LogP) is 5.96. The van der Waals surface area contributed by atoms with Gasteiger partial charge < -0.3 is 9.16 Å². The maximum absolute atomic E-state index is 6.40. The summed E-state index contributed by atoms with van der Waals surface area (Å²) in [5.74, 6) is 0. The van der Waals surface area contributed by atoms with E-state index in [4.69, 9.17) is 9.16 Å². The molecule has 1 unspecified atom stereocenters. The van der Waals surface area contributed by atoms with Crippen LogP contribution in [0.15, 0.2) is 60.7 Å². The first-order valence-corrected chi connectivity index (χ1v) is 12.3. The van der Waals surface area contributed by atoms with Crippen molar-refractivity contribution in [3.05, 3.63) is 71.8 Å². The van der Waals surface area contributed by atoms with Gasteiger partial charge in [-0.3, -0.25) is 0 Å². The minimum absolute atomic E-state index is 0.0864. The highest BCUT2D eigenvalue weighted by molar-refractivity contribution is 6.69. The number of hydrogen-bond donors (Lipinski definition) is 0. The van der Waals surface area contributed by atoms with E-state index >= 15 is 0 Å². The van der Waals surface area contributed by atoms with Gasteiger partial charge in [-0.25, -0.2) is 0 Å². The lowest BCUT2D eigenvalue weighted by atomic mass is 10.1. The molecular weight excluding hydrogens is 312 g/mol. The molecule has 0 spiro atoms. The molecule has 0 bridgehead atoms. The smallest absolute Gasteiger partial charge is 0.187 e. The van der Waals surface area contributed by atoms with Crippen LogP contribution < -0.4 is 0 Å². The van der Waals surface area contributed by atoms with Crippen molar-refractivity contribution >= 4 is 8.32 Å². The van der Waals surface area contributed by atoms with Crippen LogP contribution in [0, 0.1) is 0 Å². The Labute approximate surface area is 148 Å². The molecule has 0 saturated carbocycles. The van der Waals surface area contributed by atoms with Crippen LogP contribution in [-0.4, -0.2) is 14.6 Å². The van der Waals surface area contributed by atoms with Gasteiger partial charge in [0.15, 0.2) is 8.32 Å². The van der Waals surface area contributed by atoms with E-state index in [0.29, 0.717) is 0 Å². The largest absolute Gasteiger partial charge is 0.393 e. The van der Waals surface area contributed by atoms with Gasteiger partial charge in [-0.15, -0.1) is 0 Å². The van der Waals surface area contributed by atoms with Gasteiger partial charge in [0, 0.05) is 6.42 Å². The molecule has 0 N–H and O–H groups in total. The molecule has 2 aromatic carbocycles. The van der Waals surface area contributed by atoms with Crippen molar-refractivity contribution in [2.24, 2.45) is 0 Å². The summed E-state index contributed by atoms with van der Waals surface area (Å²) < 4.78 is 12.7. The van der Waals surface area contributed by atoms with Crippen LogP contribution in [0.4, 0.5) is 0 Å². The summed E-state index contributed by atoms with van der Waals surface area (Å²) in [5.41, 5.74) is 2.56. The average Bonchev–Trinajstić information content (AvgIpc) is 2.58.